The number of aryl methyl sites for hydroxylation is 3. The Balaban J connectivity index is 2.38. The quantitative estimate of drug-likeness (QED) is 0.766. The first kappa shape index (κ1) is 16.7. The molecule has 0 aliphatic heterocycles. The summed E-state index contributed by atoms with van der Waals surface area (Å²) in [6.45, 7) is 6.61. The molecule has 0 aromatic heterocycles. The maximum absolute atomic E-state index is 11.0. The zero-order valence-corrected chi connectivity index (χ0v) is 12.9. The lowest BCUT2D eigenvalue weighted by Crippen LogP contribution is -2.25. The molecule has 0 amide bonds. The Morgan fingerprint density at radius 3 is 2.60 bits per heavy atom. The topological polar surface area (TPSA) is 63.3 Å². The number of hydrogen-bond acceptors (Lipinski definition) is 2. The molecule has 112 valence electrons. The van der Waals surface area contributed by atoms with Gasteiger partial charge in [0.1, 0.15) is 0 Å². The number of carboxylic acids is 1. The molecule has 0 spiro atoms. The fraction of sp³-hybridized carbons (Fsp3) is 0.588. The number of benzene rings is 1. The molecule has 3 N–H and O–H groups in total. The molecule has 0 aliphatic rings. The van der Waals surface area contributed by atoms with Crippen molar-refractivity contribution in [3.63, 3.8) is 0 Å². The first-order valence-corrected chi connectivity index (χ1v) is 7.43. The fourth-order valence-electron chi connectivity index (χ4n) is 2.67. The van der Waals surface area contributed by atoms with E-state index < -0.39 is 11.9 Å². The Hall–Kier alpha value is -1.35. The molecule has 0 saturated heterocycles. The van der Waals surface area contributed by atoms with Crippen molar-refractivity contribution >= 4 is 5.97 Å². The largest absolute Gasteiger partial charge is 0.481 e. The molecule has 1 aromatic rings. The van der Waals surface area contributed by atoms with Crippen LogP contribution in [0.4, 0.5) is 0 Å². The van der Waals surface area contributed by atoms with Gasteiger partial charge in [0, 0.05) is 6.54 Å². The van der Waals surface area contributed by atoms with Gasteiger partial charge in [0.25, 0.3) is 0 Å². The van der Waals surface area contributed by atoms with Crippen molar-refractivity contribution in [2.75, 3.05) is 6.54 Å². The molecule has 0 heterocycles. The number of carbonyl (C=O) groups is 1. The van der Waals surface area contributed by atoms with Crippen LogP contribution < -0.4 is 5.73 Å². The van der Waals surface area contributed by atoms with Gasteiger partial charge in [-0.15, -0.1) is 0 Å². The van der Waals surface area contributed by atoms with Gasteiger partial charge in [-0.1, -0.05) is 37.1 Å². The standard InChI is InChI=1S/C17H27NO2/c1-12(10-16(11-18)17(19)20)5-4-6-15-8-7-13(2)9-14(15)3/h7-9,12,16H,4-6,10-11,18H2,1-3H3,(H,19,20). The van der Waals surface area contributed by atoms with Gasteiger partial charge in [0.15, 0.2) is 0 Å². The third-order valence-electron chi connectivity index (χ3n) is 3.96. The second-order valence-corrected chi connectivity index (χ2v) is 5.93. The third-order valence-corrected chi connectivity index (χ3v) is 3.96. The molecule has 0 radical (unpaired) electrons. The lowest BCUT2D eigenvalue weighted by Gasteiger charge is -2.16. The summed E-state index contributed by atoms with van der Waals surface area (Å²) in [5, 5.41) is 9.01. The maximum Gasteiger partial charge on any atom is 0.307 e. The van der Waals surface area contributed by atoms with Crippen LogP contribution in [0.1, 0.15) is 42.9 Å². The normalized spacial score (nSPS) is 14.0. The van der Waals surface area contributed by atoms with Gasteiger partial charge in [-0.3, -0.25) is 4.79 Å². The van der Waals surface area contributed by atoms with E-state index in [4.69, 9.17) is 10.8 Å². The van der Waals surface area contributed by atoms with Crippen LogP contribution >= 0.6 is 0 Å². The van der Waals surface area contributed by atoms with Crippen LogP contribution in [-0.2, 0) is 11.2 Å². The number of aliphatic carboxylic acids is 1. The van der Waals surface area contributed by atoms with Crippen LogP contribution in [0.5, 0.6) is 0 Å². The second-order valence-electron chi connectivity index (χ2n) is 5.93. The Morgan fingerprint density at radius 1 is 1.35 bits per heavy atom. The summed E-state index contributed by atoms with van der Waals surface area (Å²) in [7, 11) is 0. The Morgan fingerprint density at radius 2 is 2.05 bits per heavy atom. The molecule has 1 aromatic carbocycles. The molecular weight excluding hydrogens is 250 g/mol. The van der Waals surface area contributed by atoms with Gasteiger partial charge < -0.3 is 10.8 Å². The molecule has 0 bridgehead atoms. The molecule has 2 unspecified atom stereocenters. The number of nitrogens with two attached hydrogens (primary N) is 1. The zero-order valence-electron chi connectivity index (χ0n) is 12.9. The molecule has 0 fully saturated rings. The van der Waals surface area contributed by atoms with Crippen molar-refractivity contribution in [1.29, 1.82) is 0 Å². The van der Waals surface area contributed by atoms with Crippen molar-refractivity contribution in [3.05, 3.63) is 34.9 Å². The summed E-state index contributed by atoms with van der Waals surface area (Å²) < 4.78 is 0. The molecule has 3 heteroatoms. The van der Waals surface area contributed by atoms with E-state index >= 15 is 0 Å². The van der Waals surface area contributed by atoms with Gasteiger partial charge in [0.2, 0.25) is 0 Å². The SMILES string of the molecule is Cc1ccc(CCCC(C)CC(CN)C(=O)O)c(C)c1. The molecule has 3 nitrogen and oxygen atoms in total. The van der Waals surface area contributed by atoms with Crippen LogP contribution in [0.2, 0.25) is 0 Å². The molecular formula is C17H27NO2. The molecule has 2 atom stereocenters. The van der Waals surface area contributed by atoms with Crippen molar-refractivity contribution in [1.82, 2.24) is 0 Å². The van der Waals surface area contributed by atoms with Gasteiger partial charge in [0.05, 0.1) is 5.92 Å². The lowest BCUT2D eigenvalue weighted by atomic mass is 9.90. The Bertz CT molecular complexity index is 443. The third kappa shape index (κ3) is 5.33. The minimum atomic E-state index is -0.770. The van der Waals surface area contributed by atoms with E-state index in [1.807, 2.05) is 0 Å². The van der Waals surface area contributed by atoms with E-state index in [1.54, 1.807) is 0 Å². The summed E-state index contributed by atoms with van der Waals surface area (Å²) in [6.07, 6.45) is 3.90. The predicted molar refractivity (Wildman–Crippen MR) is 82.8 cm³/mol. The predicted octanol–water partition coefficient (Wildman–Crippen LogP) is 3.31. The monoisotopic (exact) mass is 277 g/mol. The first-order chi connectivity index (χ1) is 9.43. The highest BCUT2D eigenvalue weighted by atomic mass is 16.4. The van der Waals surface area contributed by atoms with Gasteiger partial charge >= 0.3 is 5.97 Å². The van der Waals surface area contributed by atoms with E-state index in [9.17, 15) is 4.79 Å². The fourth-order valence-corrected chi connectivity index (χ4v) is 2.67. The zero-order chi connectivity index (χ0) is 15.1. The van der Waals surface area contributed by atoms with E-state index in [0.29, 0.717) is 12.3 Å². The van der Waals surface area contributed by atoms with Crippen LogP contribution in [0.25, 0.3) is 0 Å². The van der Waals surface area contributed by atoms with Crippen molar-refractivity contribution in [2.45, 2.75) is 46.5 Å². The Labute approximate surface area is 122 Å². The van der Waals surface area contributed by atoms with E-state index in [-0.39, 0.29) is 6.54 Å². The molecule has 0 saturated carbocycles. The van der Waals surface area contributed by atoms with Crippen LogP contribution in [0, 0.1) is 25.7 Å². The minimum Gasteiger partial charge on any atom is -0.481 e. The van der Waals surface area contributed by atoms with E-state index in [1.165, 1.54) is 16.7 Å². The number of carboxylic acid groups (broad SMARTS) is 1. The Kier molecular flexibility index (Phi) is 6.73. The minimum absolute atomic E-state index is 0.233. The van der Waals surface area contributed by atoms with Crippen molar-refractivity contribution in [3.8, 4) is 0 Å². The lowest BCUT2D eigenvalue weighted by molar-refractivity contribution is -0.141. The second kappa shape index (κ2) is 8.05. The molecule has 20 heavy (non-hydrogen) atoms. The highest BCUT2D eigenvalue weighted by Gasteiger charge is 2.18. The summed E-state index contributed by atoms with van der Waals surface area (Å²) in [5.74, 6) is -0.759. The number of rotatable bonds is 8. The van der Waals surface area contributed by atoms with Crippen LogP contribution in [-0.4, -0.2) is 17.6 Å². The average molecular weight is 277 g/mol. The van der Waals surface area contributed by atoms with Crippen molar-refractivity contribution in [2.24, 2.45) is 17.6 Å². The highest BCUT2D eigenvalue weighted by molar-refractivity contribution is 5.70. The van der Waals surface area contributed by atoms with Crippen molar-refractivity contribution < 1.29 is 9.90 Å². The van der Waals surface area contributed by atoms with E-state index in [0.717, 1.165) is 19.3 Å². The smallest absolute Gasteiger partial charge is 0.307 e. The summed E-state index contributed by atoms with van der Waals surface area (Å²) in [5.41, 5.74) is 9.54. The highest BCUT2D eigenvalue weighted by Crippen LogP contribution is 2.19. The van der Waals surface area contributed by atoms with E-state index in [2.05, 4.69) is 39.0 Å². The van der Waals surface area contributed by atoms with Gasteiger partial charge in [-0.25, -0.2) is 0 Å². The summed E-state index contributed by atoms with van der Waals surface area (Å²) in [4.78, 5) is 11.0. The van der Waals surface area contributed by atoms with Crippen LogP contribution in [0.3, 0.4) is 0 Å². The molecule has 1 rings (SSSR count). The first-order valence-electron chi connectivity index (χ1n) is 7.43. The van der Waals surface area contributed by atoms with Gasteiger partial charge in [-0.2, -0.15) is 0 Å². The average Bonchev–Trinajstić information content (AvgIpc) is 2.38. The van der Waals surface area contributed by atoms with Crippen LogP contribution in [0.15, 0.2) is 18.2 Å². The van der Waals surface area contributed by atoms with Gasteiger partial charge in [-0.05, 0) is 50.2 Å². The summed E-state index contributed by atoms with van der Waals surface area (Å²) in [6, 6.07) is 6.57. The maximum atomic E-state index is 11.0. The molecule has 0 aliphatic carbocycles. The summed E-state index contributed by atoms with van der Waals surface area (Å²) >= 11 is 0. The number of hydrogen-bond donors (Lipinski definition) is 2.